The Hall–Kier alpha value is -3.08. The molecule has 2 aromatic rings. The molecule has 1 saturated heterocycles. The Morgan fingerprint density at radius 1 is 0.909 bits per heavy atom. The number of benzene rings is 2. The Bertz CT molecular complexity index is 1020. The number of carbonyl (C=O) groups excluding carboxylic acids is 2. The van der Waals surface area contributed by atoms with Crippen molar-refractivity contribution in [3.05, 3.63) is 65.4 Å². The van der Waals surface area contributed by atoms with E-state index in [1.54, 1.807) is 0 Å². The van der Waals surface area contributed by atoms with E-state index in [9.17, 15) is 9.59 Å². The molecule has 2 amide bonds. The summed E-state index contributed by atoms with van der Waals surface area (Å²) < 4.78 is 5.57. The molecule has 0 atom stereocenters. The van der Waals surface area contributed by atoms with Gasteiger partial charge in [0.2, 0.25) is 0 Å². The first kappa shape index (κ1) is 23.1. The molecule has 5 nitrogen and oxygen atoms in total. The number of imide groups is 1. The van der Waals surface area contributed by atoms with Gasteiger partial charge < -0.3 is 9.64 Å². The fourth-order valence-corrected chi connectivity index (χ4v) is 4.62. The summed E-state index contributed by atoms with van der Waals surface area (Å²) in [5.41, 5.74) is 3.64. The molecule has 0 spiro atoms. The highest BCUT2D eigenvalue weighted by Gasteiger charge is 2.42. The lowest BCUT2D eigenvalue weighted by molar-refractivity contribution is -0.120. The van der Waals surface area contributed by atoms with Crippen LogP contribution >= 0.6 is 0 Å². The lowest BCUT2D eigenvalue weighted by Gasteiger charge is -2.32. The molecule has 4 rings (SSSR count). The largest absolute Gasteiger partial charge is 0.494 e. The van der Waals surface area contributed by atoms with Crippen LogP contribution in [0.25, 0.3) is 5.57 Å². The molecule has 0 unspecified atom stereocenters. The molecular weight excluding hydrogens is 412 g/mol. The van der Waals surface area contributed by atoms with E-state index in [0.29, 0.717) is 29.5 Å². The van der Waals surface area contributed by atoms with Crippen LogP contribution in [0.4, 0.5) is 5.69 Å². The summed E-state index contributed by atoms with van der Waals surface area (Å²) in [4.78, 5) is 30.8. The summed E-state index contributed by atoms with van der Waals surface area (Å²) in [6, 6.07) is 15.4. The predicted octanol–water partition coefficient (Wildman–Crippen LogP) is 5.44. The number of amides is 2. The molecule has 1 fully saturated rings. The second-order valence-corrected chi connectivity index (χ2v) is 9.07. The number of aryl methyl sites for hydroxylation is 1. The highest BCUT2D eigenvalue weighted by Crippen LogP contribution is 2.37. The molecular formula is C28H34N2O3. The molecule has 0 radical (unpaired) electrons. The van der Waals surface area contributed by atoms with Crippen molar-refractivity contribution in [1.29, 1.82) is 0 Å². The van der Waals surface area contributed by atoms with Gasteiger partial charge >= 0.3 is 0 Å². The number of carbonyl (C=O) groups is 2. The van der Waals surface area contributed by atoms with Gasteiger partial charge in [0.25, 0.3) is 11.8 Å². The zero-order valence-electron chi connectivity index (χ0n) is 20.0. The van der Waals surface area contributed by atoms with Crippen LogP contribution in [0.15, 0.2) is 54.2 Å². The number of rotatable bonds is 8. The molecule has 0 bridgehead atoms. The van der Waals surface area contributed by atoms with E-state index in [1.807, 2.05) is 55.5 Å². The zero-order chi connectivity index (χ0) is 23.4. The van der Waals surface area contributed by atoms with E-state index in [1.165, 1.54) is 10.5 Å². The first-order valence-corrected chi connectivity index (χ1v) is 12.2. The topological polar surface area (TPSA) is 49.9 Å². The molecule has 0 aliphatic carbocycles. The van der Waals surface area contributed by atoms with Gasteiger partial charge in [-0.25, -0.2) is 4.90 Å². The first-order valence-electron chi connectivity index (χ1n) is 12.2. The molecule has 2 heterocycles. The Morgan fingerprint density at radius 3 is 2.18 bits per heavy atom. The fraction of sp³-hybridized carbons (Fsp3) is 0.429. The van der Waals surface area contributed by atoms with Crippen molar-refractivity contribution in [3.8, 4) is 5.75 Å². The van der Waals surface area contributed by atoms with Crippen LogP contribution in [0.1, 0.15) is 57.6 Å². The standard InChI is InChI=1S/C28H34N2O3/c1-4-6-7-21-8-12-23(13-9-21)30-27(31)25(22-10-14-24(15-11-22)33-5-2)26(28(30)32)29-18-16-20(3)17-19-29/h8-15,20H,4-7,16-19H2,1-3H3. The minimum Gasteiger partial charge on any atom is -0.494 e. The number of unbranched alkanes of at least 4 members (excludes halogenated alkanes) is 1. The number of anilines is 1. The Morgan fingerprint density at radius 2 is 1.58 bits per heavy atom. The van der Waals surface area contributed by atoms with E-state index < -0.39 is 0 Å². The summed E-state index contributed by atoms with van der Waals surface area (Å²) in [6.45, 7) is 8.52. The highest BCUT2D eigenvalue weighted by molar-refractivity contribution is 6.45. The third-order valence-corrected chi connectivity index (χ3v) is 6.63. The molecule has 2 aliphatic rings. The van der Waals surface area contributed by atoms with E-state index in [-0.39, 0.29) is 11.8 Å². The van der Waals surface area contributed by atoms with Crippen LogP contribution in [0.2, 0.25) is 0 Å². The molecule has 174 valence electrons. The molecule has 2 aromatic carbocycles. The van der Waals surface area contributed by atoms with E-state index in [0.717, 1.165) is 56.5 Å². The van der Waals surface area contributed by atoms with Crippen molar-refractivity contribution >= 4 is 23.1 Å². The first-order chi connectivity index (χ1) is 16.0. The SMILES string of the molecule is CCCCc1ccc(N2C(=O)C(c3ccc(OCC)cc3)=C(N3CCC(C)CC3)C2=O)cc1. The predicted molar refractivity (Wildman–Crippen MR) is 132 cm³/mol. The average molecular weight is 447 g/mol. The molecule has 0 N–H and O–H groups in total. The summed E-state index contributed by atoms with van der Waals surface area (Å²) in [6.07, 6.45) is 5.31. The maximum absolute atomic E-state index is 13.7. The maximum Gasteiger partial charge on any atom is 0.282 e. The van der Waals surface area contributed by atoms with Crippen LogP contribution in [0.3, 0.4) is 0 Å². The van der Waals surface area contributed by atoms with Gasteiger partial charge in [-0.1, -0.05) is 44.5 Å². The molecule has 33 heavy (non-hydrogen) atoms. The van der Waals surface area contributed by atoms with Crippen LogP contribution in [0, 0.1) is 5.92 Å². The minimum atomic E-state index is -0.251. The highest BCUT2D eigenvalue weighted by atomic mass is 16.5. The van der Waals surface area contributed by atoms with Crippen LogP contribution < -0.4 is 9.64 Å². The summed E-state index contributed by atoms with van der Waals surface area (Å²) in [7, 11) is 0. The Labute approximate surface area is 197 Å². The van der Waals surface area contributed by atoms with E-state index in [2.05, 4.69) is 18.7 Å². The Kier molecular flexibility index (Phi) is 7.17. The maximum atomic E-state index is 13.7. The van der Waals surface area contributed by atoms with Gasteiger partial charge in [0, 0.05) is 13.1 Å². The van der Waals surface area contributed by atoms with Gasteiger partial charge in [0.1, 0.15) is 11.4 Å². The summed E-state index contributed by atoms with van der Waals surface area (Å²) >= 11 is 0. The van der Waals surface area contributed by atoms with E-state index in [4.69, 9.17) is 4.74 Å². The van der Waals surface area contributed by atoms with Crippen LogP contribution in [-0.2, 0) is 16.0 Å². The monoisotopic (exact) mass is 446 g/mol. The quantitative estimate of drug-likeness (QED) is 0.507. The van der Waals surface area contributed by atoms with Crippen LogP contribution in [0.5, 0.6) is 5.75 Å². The van der Waals surface area contributed by atoms with Crippen molar-refractivity contribution < 1.29 is 14.3 Å². The van der Waals surface area contributed by atoms with Crippen LogP contribution in [-0.4, -0.2) is 36.4 Å². The normalized spacial score (nSPS) is 17.3. The van der Waals surface area contributed by atoms with E-state index >= 15 is 0 Å². The second kappa shape index (κ2) is 10.2. The third kappa shape index (κ3) is 4.82. The number of nitrogens with zero attached hydrogens (tertiary/aromatic N) is 2. The van der Waals surface area contributed by atoms with Crippen molar-refractivity contribution in [2.45, 2.75) is 52.9 Å². The molecule has 0 saturated carbocycles. The Balaban J connectivity index is 1.69. The fourth-order valence-electron chi connectivity index (χ4n) is 4.62. The van der Waals surface area contributed by atoms with Crippen molar-refractivity contribution in [1.82, 2.24) is 4.90 Å². The number of hydrogen-bond acceptors (Lipinski definition) is 4. The third-order valence-electron chi connectivity index (χ3n) is 6.63. The number of hydrogen-bond donors (Lipinski definition) is 0. The lowest BCUT2D eigenvalue weighted by atomic mass is 9.97. The van der Waals surface area contributed by atoms with Crippen molar-refractivity contribution in [2.75, 3.05) is 24.6 Å². The number of ether oxygens (including phenoxy) is 1. The van der Waals surface area contributed by atoms with Gasteiger partial charge in [0.15, 0.2) is 0 Å². The van der Waals surface area contributed by atoms with Gasteiger partial charge in [-0.05, 0) is 73.9 Å². The van der Waals surface area contributed by atoms with Crippen molar-refractivity contribution in [3.63, 3.8) is 0 Å². The van der Waals surface area contributed by atoms with Crippen molar-refractivity contribution in [2.24, 2.45) is 5.92 Å². The minimum absolute atomic E-state index is 0.222. The molecule has 0 aromatic heterocycles. The molecule has 2 aliphatic heterocycles. The second-order valence-electron chi connectivity index (χ2n) is 9.07. The average Bonchev–Trinajstić information content (AvgIpc) is 3.09. The smallest absolute Gasteiger partial charge is 0.282 e. The van der Waals surface area contributed by atoms with Gasteiger partial charge in [-0.3, -0.25) is 9.59 Å². The lowest BCUT2D eigenvalue weighted by Crippen LogP contribution is -2.38. The number of likely N-dealkylation sites (tertiary alicyclic amines) is 1. The summed E-state index contributed by atoms with van der Waals surface area (Å²) in [5, 5.41) is 0. The van der Waals surface area contributed by atoms with Gasteiger partial charge in [-0.15, -0.1) is 0 Å². The summed E-state index contributed by atoms with van der Waals surface area (Å²) in [5.74, 6) is 0.917. The zero-order valence-corrected chi connectivity index (χ0v) is 20.0. The molecule has 5 heteroatoms. The van der Waals surface area contributed by atoms with Gasteiger partial charge in [-0.2, -0.15) is 0 Å². The number of piperidine rings is 1. The van der Waals surface area contributed by atoms with Gasteiger partial charge in [0.05, 0.1) is 17.9 Å².